The van der Waals surface area contributed by atoms with Crippen LogP contribution < -0.4 is 10.0 Å². The third-order valence-electron chi connectivity index (χ3n) is 4.10. The first-order valence-corrected chi connectivity index (χ1v) is 10.1. The lowest BCUT2D eigenvalue weighted by atomic mass is 10.1. The number of hydrogen-bond donors (Lipinski definition) is 3. The fraction of sp³-hybridized carbons (Fsp3) is 0.0476. The number of nitrogens with one attached hydrogen (secondary N) is 2. The molecule has 0 aliphatic rings. The van der Waals surface area contributed by atoms with Crippen molar-refractivity contribution in [3.8, 4) is 0 Å². The Balaban J connectivity index is 1.71. The van der Waals surface area contributed by atoms with Crippen molar-refractivity contribution in [2.45, 2.75) is 11.8 Å². The molecule has 29 heavy (non-hydrogen) atoms. The molecule has 0 bridgehead atoms. The van der Waals surface area contributed by atoms with Crippen LogP contribution in [-0.4, -0.2) is 25.4 Å². The van der Waals surface area contributed by atoms with E-state index in [1.165, 1.54) is 54.6 Å². The highest BCUT2D eigenvalue weighted by Crippen LogP contribution is 2.18. The summed E-state index contributed by atoms with van der Waals surface area (Å²) in [4.78, 5) is 23.5. The van der Waals surface area contributed by atoms with Gasteiger partial charge in [0.05, 0.1) is 10.5 Å². The molecular formula is C21H18N2O5S. The van der Waals surface area contributed by atoms with Gasteiger partial charge in [-0.1, -0.05) is 23.8 Å². The van der Waals surface area contributed by atoms with Crippen LogP contribution in [-0.2, 0) is 10.0 Å². The molecule has 3 aromatic carbocycles. The van der Waals surface area contributed by atoms with Gasteiger partial charge in [-0.25, -0.2) is 13.2 Å². The smallest absolute Gasteiger partial charge is 0.335 e. The van der Waals surface area contributed by atoms with Gasteiger partial charge in [0.2, 0.25) is 0 Å². The molecule has 0 atom stereocenters. The number of carboxylic acids is 1. The predicted octanol–water partition coefficient (Wildman–Crippen LogP) is 3.75. The number of carboxylic acid groups (broad SMARTS) is 1. The van der Waals surface area contributed by atoms with E-state index in [0.29, 0.717) is 16.9 Å². The second-order valence-electron chi connectivity index (χ2n) is 6.34. The van der Waals surface area contributed by atoms with Gasteiger partial charge >= 0.3 is 5.97 Å². The van der Waals surface area contributed by atoms with Crippen molar-refractivity contribution in [2.75, 3.05) is 10.0 Å². The van der Waals surface area contributed by atoms with Gasteiger partial charge < -0.3 is 10.4 Å². The number of aryl methyl sites for hydroxylation is 1. The minimum Gasteiger partial charge on any atom is -0.478 e. The van der Waals surface area contributed by atoms with E-state index < -0.39 is 21.9 Å². The van der Waals surface area contributed by atoms with Gasteiger partial charge in [-0.2, -0.15) is 0 Å². The van der Waals surface area contributed by atoms with Gasteiger partial charge in [0.15, 0.2) is 0 Å². The lowest BCUT2D eigenvalue weighted by Crippen LogP contribution is -2.14. The van der Waals surface area contributed by atoms with Gasteiger partial charge in [-0.3, -0.25) is 9.52 Å². The summed E-state index contributed by atoms with van der Waals surface area (Å²) in [6.07, 6.45) is 0. The molecule has 0 radical (unpaired) electrons. The Bertz CT molecular complexity index is 1150. The maximum atomic E-state index is 12.4. The molecule has 0 aromatic heterocycles. The first-order valence-electron chi connectivity index (χ1n) is 8.59. The van der Waals surface area contributed by atoms with Crippen molar-refractivity contribution in [3.05, 3.63) is 89.5 Å². The molecule has 0 unspecified atom stereocenters. The third kappa shape index (κ3) is 4.99. The zero-order valence-corrected chi connectivity index (χ0v) is 16.2. The van der Waals surface area contributed by atoms with Gasteiger partial charge in [0, 0.05) is 16.9 Å². The van der Waals surface area contributed by atoms with Crippen molar-refractivity contribution < 1.29 is 23.1 Å². The highest BCUT2D eigenvalue weighted by Gasteiger charge is 2.14. The van der Waals surface area contributed by atoms with Crippen LogP contribution in [0.5, 0.6) is 0 Å². The fourth-order valence-corrected chi connectivity index (χ4v) is 3.61. The molecule has 3 rings (SSSR count). The molecule has 3 N–H and O–H groups in total. The molecule has 0 aliphatic heterocycles. The van der Waals surface area contributed by atoms with Crippen molar-refractivity contribution in [2.24, 2.45) is 0 Å². The fourth-order valence-electron chi connectivity index (χ4n) is 2.55. The SMILES string of the molecule is Cc1ccc(S(=O)(=O)Nc2ccc(C(=O)Nc3cccc(C(=O)O)c3)cc2)cc1. The Labute approximate surface area is 168 Å². The summed E-state index contributed by atoms with van der Waals surface area (Å²) in [5.74, 6) is -1.54. The Morgan fingerprint density at radius 2 is 1.48 bits per heavy atom. The minimum absolute atomic E-state index is 0.0589. The number of anilines is 2. The molecule has 1 amide bonds. The summed E-state index contributed by atoms with van der Waals surface area (Å²) >= 11 is 0. The van der Waals surface area contributed by atoms with E-state index in [9.17, 15) is 18.0 Å². The lowest BCUT2D eigenvalue weighted by molar-refractivity contribution is 0.0696. The van der Waals surface area contributed by atoms with Gasteiger partial charge in [0.1, 0.15) is 0 Å². The molecule has 0 heterocycles. The molecule has 0 spiro atoms. The maximum Gasteiger partial charge on any atom is 0.335 e. The summed E-state index contributed by atoms with van der Waals surface area (Å²) in [5, 5.41) is 11.6. The average Bonchev–Trinajstić information content (AvgIpc) is 2.68. The van der Waals surface area contributed by atoms with Crippen LogP contribution in [0, 0.1) is 6.92 Å². The Hall–Kier alpha value is -3.65. The predicted molar refractivity (Wildman–Crippen MR) is 110 cm³/mol. The van der Waals surface area contributed by atoms with E-state index in [0.717, 1.165) is 5.56 Å². The third-order valence-corrected chi connectivity index (χ3v) is 5.50. The maximum absolute atomic E-state index is 12.4. The monoisotopic (exact) mass is 410 g/mol. The van der Waals surface area contributed by atoms with E-state index in [1.807, 2.05) is 6.92 Å². The Morgan fingerprint density at radius 3 is 2.10 bits per heavy atom. The van der Waals surface area contributed by atoms with Crippen molar-refractivity contribution in [3.63, 3.8) is 0 Å². The number of carbonyl (C=O) groups excluding carboxylic acids is 1. The van der Waals surface area contributed by atoms with E-state index in [1.54, 1.807) is 18.2 Å². The minimum atomic E-state index is -3.73. The molecular weight excluding hydrogens is 392 g/mol. The van der Waals surface area contributed by atoms with Crippen LogP contribution in [0.25, 0.3) is 0 Å². The topological polar surface area (TPSA) is 113 Å². The van der Waals surface area contributed by atoms with Crippen LogP contribution >= 0.6 is 0 Å². The van der Waals surface area contributed by atoms with Gasteiger partial charge in [-0.05, 0) is 61.5 Å². The van der Waals surface area contributed by atoms with Crippen LogP contribution in [0.15, 0.2) is 77.7 Å². The van der Waals surface area contributed by atoms with E-state index in [-0.39, 0.29) is 10.5 Å². The van der Waals surface area contributed by atoms with E-state index >= 15 is 0 Å². The summed E-state index contributed by atoms with van der Waals surface area (Å²) in [5.41, 5.74) is 1.97. The summed E-state index contributed by atoms with van der Waals surface area (Å²) in [6, 6.07) is 18.3. The Morgan fingerprint density at radius 1 is 0.828 bits per heavy atom. The molecule has 8 heteroatoms. The zero-order valence-electron chi connectivity index (χ0n) is 15.4. The number of sulfonamides is 1. The molecule has 7 nitrogen and oxygen atoms in total. The van der Waals surface area contributed by atoms with Crippen LogP contribution in [0.2, 0.25) is 0 Å². The summed E-state index contributed by atoms with van der Waals surface area (Å²) in [6.45, 7) is 1.87. The number of rotatable bonds is 6. The second kappa shape index (κ2) is 8.15. The number of aromatic carboxylic acids is 1. The zero-order chi connectivity index (χ0) is 21.0. The normalized spacial score (nSPS) is 10.9. The van der Waals surface area contributed by atoms with E-state index in [2.05, 4.69) is 10.0 Å². The number of hydrogen-bond acceptors (Lipinski definition) is 4. The molecule has 0 fully saturated rings. The van der Waals surface area contributed by atoms with E-state index in [4.69, 9.17) is 5.11 Å². The molecule has 3 aromatic rings. The summed E-state index contributed by atoms with van der Waals surface area (Å²) in [7, 11) is -3.73. The average molecular weight is 410 g/mol. The molecule has 0 aliphatic carbocycles. The number of benzene rings is 3. The molecule has 148 valence electrons. The molecule has 0 saturated heterocycles. The van der Waals surface area contributed by atoms with Crippen molar-refractivity contribution in [1.29, 1.82) is 0 Å². The van der Waals surface area contributed by atoms with Crippen LogP contribution in [0.4, 0.5) is 11.4 Å². The largest absolute Gasteiger partial charge is 0.478 e. The molecule has 0 saturated carbocycles. The Kier molecular flexibility index (Phi) is 5.65. The van der Waals surface area contributed by atoms with Gasteiger partial charge in [-0.15, -0.1) is 0 Å². The van der Waals surface area contributed by atoms with Crippen molar-refractivity contribution >= 4 is 33.3 Å². The highest BCUT2D eigenvalue weighted by molar-refractivity contribution is 7.92. The van der Waals surface area contributed by atoms with Crippen LogP contribution in [0.1, 0.15) is 26.3 Å². The lowest BCUT2D eigenvalue weighted by Gasteiger charge is -2.10. The second-order valence-corrected chi connectivity index (χ2v) is 8.02. The van der Waals surface area contributed by atoms with Crippen LogP contribution in [0.3, 0.4) is 0 Å². The summed E-state index contributed by atoms with van der Waals surface area (Å²) < 4.78 is 27.3. The standard InChI is InChI=1S/C21H18N2O5S/c1-14-5-11-19(12-6-14)29(27,28)23-17-9-7-15(8-10-17)20(24)22-18-4-2-3-16(13-18)21(25)26/h2-13,23H,1H3,(H,22,24)(H,25,26). The highest BCUT2D eigenvalue weighted by atomic mass is 32.2. The quantitative estimate of drug-likeness (QED) is 0.573. The van der Waals surface area contributed by atoms with Gasteiger partial charge in [0.25, 0.3) is 15.9 Å². The van der Waals surface area contributed by atoms with Crippen molar-refractivity contribution in [1.82, 2.24) is 0 Å². The number of carbonyl (C=O) groups is 2. The first-order chi connectivity index (χ1) is 13.7. The first kappa shape index (κ1) is 20.1. The number of amides is 1.